The standard InChI is InChI=1S/C15H20N4/c1-12(16)15(14-5-8-17-9-6-14)19(2)11-13-4-3-7-18-10-13/h3-10,12,15H,11,16H2,1-2H3. The minimum Gasteiger partial charge on any atom is -0.326 e. The Morgan fingerprint density at radius 1 is 1.16 bits per heavy atom. The number of hydrogen-bond acceptors (Lipinski definition) is 4. The molecule has 0 bridgehead atoms. The van der Waals surface area contributed by atoms with Gasteiger partial charge in [-0.3, -0.25) is 14.9 Å². The van der Waals surface area contributed by atoms with E-state index >= 15 is 0 Å². The Morgan fingerprint density at radius 2 is 1.89 bits per heavy atom. The fourth-order valence-corrected chi connectivity index (χ4v) is 2.40. The predicted octanol–water partition coefficient (Wildman–Crippen LogP) is 2.00. The lowest BCUT2D eigenvalue weighted by molar-refractivity contribution is 0.210. The molecule has 2 unspecified atom stereocenters. The van der Waals surface area contributed by atoms with Crippen molar-refractivity contribution in [1.82, 2.24) is 14.9 Å². The summed E-state index contributed by atoms with van der Waals surface area (Å²) in [6.07, 6.45) is 7.29. The third kappa shape index (κ3) is 3.59. The summed E-state index contributed by atoms with van der Waals surface area (Å²) in [5.41, 5.74) is 8.52. The van der Waals surface area contributed by atoms with E-state index in [0.29, 0.717) is 0 Å². The van der Waals surface area contributed by atoms with Gasteiger partial charge in [0.1, 0.15) is 0 Å². The van der Waals surface area contributed by atoms with Crippen LogP contribution in [-0.2, 0) is 6.54 Å². The molecule has 19 heavy (non-hydrogen) atoms. The van der Waals surface area contributed by atoms with Crippen LogP contribution in [0.1, 0.15) is 24.1 Å². The average molecular weight is 256 g/mol. The second-order valence-corrected chi connectivity index (χ2v) is 4.86. The Labute approximate surface area is 114 Å². The molecule has 2 heterocycles. The highest BCUT2D eigenvalue weighted by atomic mass is 15.1. The zero-order valence-electron chi connectivity index (χ0n) is 11.4. The molecule has 2 N–H and O–H groups in total. The number of likely N-dealkylation sites (N-methyl/N-ethyl adjacent to an activating group) is 1. The van der Waals surface area contributed by atoms with Gasteiger partial charge in [0, 0.05) is 43.4 Å². The van der Waals surface area contributed by atoms with Crippen LogP contribution in [-0.4, -0.2) is 28.0 Å². The molecule has 0 amide bonds. The Balaban J connectivity index is 2.16. The fraction of sp³-hybridized carbons (Fsp3) is 0.333. The molecule has 0 aromatic carbocycles. The van der Waals surface area contributed by atoms with Gasteiger partial charge in [-0.2, -0.15) is 0 Å². The molecule has 4 heteroatoms. The number of nitrogens with two attached hydrogens (primary N) is 1. The molecule has 0 spiro atoms. The summed E-state index contributed by atoms with van der Waals surface area (Å²) < 4.78 is 0. The normalized spacial score (nSPS) is 14.3. The SMILES string of the molecule is CC(N)C(c1ccncc1)N(C)Cc1cccnc1. The Hall–Kier alpha value is -1.78. The van der Waals surface area contributed by atoms with Crippen LogP contribution in [0.25, 0.3) is 0 Å². The molecule has 0 saturated heterocycles. The van der Waals surface area contributed by atoms with Gasteiger partial charge in [-0.25, -0.2) is 0 Å². The first-order valence-corrected chi connectivity index (χ1v) is 6.43. The van der Waals surface area contributed by atoms with Crippen LogP contribution in [0, 0.1) is 0 Å². The summed E-state index contributed by atoms with van der Waals surface area (Å²) in [4.78, 5) is 10.5. The molecule has 100 valence electrons. The zero-order chi connectivity index (χ0) is 13.7. The summed E-state index contributed by atoms with van der Waals surface area (Å²) in [6, 6.07) is 8.29. The number of rotatable bonds is 5. The third-order valence-electron chi connectivity index (χ3n) is 3.18. The Kier molecular flexibility index (Phi) is 4.60. The van der Waals surface area contributed by atoms with Crippen molar-refractivity contribution in [2.75, 3.05) is 7.05 Å². The summed E-state index contributed by atoms with van der Waals surface area (Å²) in [7, 11) is 2.08. The summed E-state index contributed by atoms with van der Waals surface area (Å²) in [5, 5.41) is 0. The minimum atomic E-state index is 0.0454. The van der Waals surface area contributed by atoms with Gasteiger partial charge in [0.15, 0.2) is 0 Å². The maximum absolute atomic E-state index is 6.15. The number of pyridine rings is 2. The van der Waals surface area contributed by atoms with E-state index < -0.39 is 0 Å². The van der Waals surface area contributed by atoms with Gasteiger partial charge in [0.05, 0.1) is 0 Å². The van der Waals surface area contributed by atoms with Crippen molar-refractivity contribution in [2.45, 2.75) is 25.6 Å². The van der Waals surface area contributed by atoms with Crippen molar-refractivity contribution >= 4 is 0 Å². The van der Waals surface area contributed by atoms with E-state index in [-0.39, 0.29) is 12.1 Å². The van der Waals surface area contributed by atoms with E-state index in [1.807, 2.05) is 43.7 Å². The number of nitrogens with zero attached hydrogens (tertiary/aromatic N) is 3. The molecule has 0 aliphatic carbocycles. The first-order chi connectivity index (χ1) is 9.18. The first kappa shape index (κ1) is 13.6. The molecule has 0 aliphatic rings. The second kappa shape index (κ2) is 6.41. The molecule has 2 aromatic heterocycles. The Bertz CT molecular complexity index is 484. The van der Waals surface area contributed by atoms with Crippen LogP contribution in [0.15, 0.2) is 49.1 Å². The highest BCUT2D eigenvalue weighted by Crippen LogP contribution is 2.23. The van der Waals surface area contributed by atoms with Crippen LogP contribution in [0.2, 0.25) is 0 Å². The monoisotopic (exact) mass is 256 g/mol. The fourth-order valence-electron chi connectivity index (χ4n) is 2.40. The van der Waals surface area contributed by atoms with Gasteiger partial charge in [-0.15, -0.1) is 0 Å². The minimum absolute atomic E-state index is 0.0454. The van der Waals surface area contributed by atoms with Crippen molar-refractivity contribution in [1.29, 1.82) is 0 Å². The van der Waals surface area contributed by atoms with E-state index in [9.17, 15) is 0 Å². The van der Waals surface area contributed by atoms with Crippen LogP contribution in [0.3, 0.4) is 0 Å². The van der Waals surface area contributed by atoms with Crippen molar-refractivity contribution in [3.05, 3.63) is 60.2 Å². The lowest BCUT2D eigenvalue weighted by Crippen LogP contribution is -2.37. The van der Waals surface area contributed by atoms with Gasteiger partial charge in [-0.05, 0) is 43.3 Å². The van der Waals surface area contributed by atoms with Gasteiger partial charge in [0.2, 0.25) is 0 Å². The highest BCUT2D eigenvalue weighted by Gasteiger charge is 2.21. The maximum atomic E-state index is 6.15. The summed E-state index contributed by atoms with van der Waals surface area (Å²) in [5.74, 6) is 0. The van der Waals surface area contributed by atoms with Gasteiger partial charge in [-0.1, -0.05) is 6.07 Å². The molecule has 0 aliphatic heterocycles. The summed E-state index contributed by atoms with van der Waals surface area (Å²) in [6.45, 7) is 2.85. The van der Waals surface area contributed by atoms with Crippen LogP contribution < -0.4 is 5.73 Å². The van der Waals surface area contributed by atoms with Crippen molar-refractivity contribution in [3.63, 3.8) is 0 Å². The predicted molar refractivity (Wildman–Crippen MR) is 76.3 cm³/mol. The van der Waals surface area contributed by atoms with Crippen molar-refractivity contribution < 1.29 is 0 Å². The second-order valence-electron chi connectivity index (χ2n) is 4.86. The summed E-state index contributed by atoms with van der Waals surface area (Å²) >= 11 is 0. The largest absolute Gasteiger partial charge is 0.326 e. The molecule has 2 aromatic rings. The molecule has 4 nitrogen and oxygen atoms in total. The maximum Gasteiger partial charge on any atom is 0.0498 e. The molecule has 2 rings (SSSR count). The van der Waals surface area contributed by atoms with Crippen molar-refractivity contribution in [2.24, 2.45) is 5.73 Å². The number of aromatic nitrogens is 2. The molecular formula is C15H20N4. The molecule has 0 radical (unpaired) electrons. The zero-order valence-corrected chi connectivity index (χ0v) is 11.4. The van der Waals surface area contributed by atoms with E-state index in [0.717, 1.165) is 6.54 Å². The quantitative estimate of drug-likeness (QED) is 0.889. The van der Waals surface area contributed by atoms with Crippen molar-refractivity contribution in [3.8, 4) is 0 Å². The molecule has 0 fully saturated rings. The average Bonchev–Trinajstić information content (AvgIpc) is 2.40. The first-order valence-electron chi connectivity index (χ1n) is 6.43. The Morgan fingerprint density at radius 3 is 2.47 bits per heavy atom. The lowest BCUT2D eigenvalue weighted by Gasteiger charge is -2.31. The van der Waals surface area contributed by atoms with E-state index in [2.05, 4.69) is 28.0 Å². The van der Waals surface area contributed by atoms with Crippen LogP contribution in [0.4, 0.5) is 0 Å². The van der Waals surface area contributed by atoms with Crippen LogP contribution >= 0.6 is 0 Å². The smallest absolute Gasteiger partial charge is 0.0498 e. The van der Waals surface area contributed by atoms with Crippen LogP contribution in [0.5, 0.6) is 0 Å². The number of hydrogen-bond donors (Lipinski definition) is 1. The topological polar surface area (TPSA) is 55.0 Å². The third-order valence-corrected chi connectivity index (χ3v) is 3.18. The highest BCUT2D eigenvalue weighted by molar-refractivity contribution is 5.18. The van der Waals surface area contributed by atoms with Gasteiger partial charge < -0.3 is 5.73 Å². The van der Waals surface area contributed by atoms with Gasteiger partial charge >= 0.3 is 0 Å². The van der Waals surface area contributed by atoms with E-state index in [1.165, 1.54) is 11.1 Å². The van der Waals surface area contributed by atoms with E-state index in [1.54, 1.807) is 6.20 Å². The van der Waals surface area contributed by atoms with E-state index in [4.69, 9.17) is 5.73 Å². The molecule has 2 atom stereocenters. The van der Waals surface area contributed by atoms with Gasteiger partial charge in [0.25, 0.3) is 0 Å². The molecular weight excluding hydrogens is 236 g/mol. The molecule has 0 saturated carbocycles. The lowest BCUT2D eigenvalue weighted by atomic mass is 10.0.